The van der Waals surface area contributed by atoms with Gasteiger partial charge < -0.3 is 15.0 Å². The summed E-state index contributed by atoms with van der Waals surface area (Å²) in [6.07, 6.45) is 1.10. The highest BCUT2D eigenvalue weighted by molar-refractivity contribution is 4.72. The van der Waals surface area contributed by atoms with E-state index in [0.29, 0.717) is 11.5 Å². The SMILES string of the molecule is CCOCCCNCC(C)N(C)CC(C)(C)C. The minimum Gasteiger partial charge on any atom is -0.382 e. The van der Waals surface area contributed by atoms with Crippen molar-refractivity contribution >= 4 is 0 Å². The lowest BCUT2D eigenvalue weighted by molar-refractivity contribution is 0.143. The first kappa shape index (κ1) is 16.9. The Bertz CT molecular complexity index is 178. The summed E-state index contributed by atoms with van der Waals surface area (Å²) in [5, 5.41) is 3.49. The van der Waals surface area contributed by atoms with E-state index >= 15 is 0 Å². The number of likely N-dealkylation sites (N-methyl/N-ethyl adjacent to an activating group) is 1. The summed E-state index contributed by atoms with van der Waals surface area (Å²) >= 11 is 0. The van der Waals surface area contributed by atoms with Crippen molar-refractivity contribution < 1.29 is 4.74 Å². The van der Waals surface area contributed by atoms with Crippen LogP contribution in [-0.2, 0) is 4.74 Å². The average molecular weight is 244 g/mol. The zero-order valence-electron chi connectivity index (χ0n) is 12.7. The first-order chi connectivity index (χ1) is 7.87. The maximum atomic E-state index is 5.30. The van der Waals surface area contributed by atoms with Gasteiger partial charge in [0.1, 0.15) is 0 Å². The molecule has 0 aromatic heterocycles. The molecule has 0 bridgehead atoms. The van der Waals surface area contributed by atoms with Gasteiger partial charge in [-0.3, -0.25) is 0 Å². The molecule has 0 aliphatic rings. The van der Waals surface area contributed by atoms with Crippen LogP contribution in [0.4, 0.5) is 0 Å². The molecule has 0 aliphatic carbocycles. The van der Waals surface area contributed by atoms with Gasteiger partial charge in [-0.2, -0.15) is 0 Å². The molecule has 0 aromatic carbocycles. The Morgan fingerprint density at radius 3 is 2.47 bits per heavy atom. The molecule has 104 valence electrons. The molecule has 1 N–H and O–H groups in total. The molecule has 0 aliphatic heterocycles. The van der Waals surface area contributed by atoms with Crippen LogP contribution >= 0.6 is 0 Å². The summed E-state index contributed by atoms with van der Waals surface area (Å²) in [7, 11) is 2.21. The summed E-state index contributed by atoms with van der Waals surface area (Å²) in [6, 6.07) is 0.585. The van der Waals surface area contributed by atoms with Gasteiger partial charge in [0.05, 0.1) is 0 Å². The van der Waals surface area contributed by atoms with Gasteiger partial charge in [0, 0.05) is 32.3 Å². The maximum Gasteiger partial charge on any atom is 0.0477 e. The summed E-state index contributed by atoms with van der Waals surface area (Å²) in [6.45, 7) is 16.1. The van der Waals surface area contributed by atoms with E-state index < -0.39 is 0 Å². The molecule has 0 saturated heterocycles. The third-order valence-electron chi connectivity index (χ3n) is 2.76. The highest BCUT2D eigenvalue weighted by Gasteiger charge is 2.17. The van der Waals surface area contributed by atoms with Gasteiger partial charge in [0.15, 0.2) is 0 Å². The fourth-order valence-corrected chi connectivity index (χ4v) is 1.81. The second kappa shape index (κ2) is 8.90. The van der Waals surface area contributed by atoms with Crippen LogP contribution in [0.5, 0.6) is 0 Å². The predicted octanol–water partition coefficient (Wildman–Crippen LogP) is 2.37. The van der Waals surface area contributed by atoms with Gasteiger partial charge >= 0.3 is 0 Å². The van der Waals surface area contributed by atoms with Crippen molar-refractivity contribution in [3.63, 3.8) is 0 Å². The van der Waals surface area contributed by atoms with Crippen molar-refractivity contribution in [2.45, 2.75) is 47.1 Å². The minimum absolute atomic E-state index is 0.373. The Hall–Kier alpha value is -0.120. The van der Waals surface area contributed by atoms with E-state index in [4.69, 9.17) is 4.74 Å². The average Bonchev–Trinajstić information content (AvgIpc) is 2.20. The van der Waals surface area contributed by atoms with Gasteiger partial charge in [0.2, 0.25) is 0 Å². The Morgan fingerprint density at radius 2 is 1.94 bits per heavy atom. The monoisotopic (exact) mass is 244 g/mol. The molecule has 0 rings (SSSR count). The van der Waals surface area contributed by atoms with Gasteiger partial charge in [-0.25, -0.2) is 0 Å². The molecular formula is C14H32N2O. The van der Waals surface area contributed by atoms with Crippen LogP contribution in [0.3, 0.4) is 0 Å². The van der Waals surface area contributed by atoms with Gasteiger partial charge in [0.25, 0.3) is 0 Å². The van der Waals surface area contributed by atoms with E-state index in [2.05, 4.69) is 45.0 Å². The molecule has 0 fully saturated rings. The van der Waals surface area contributed by atoms with Crippen LogP contribution in [-0.4, -0.2) is 50.8 Å². The normalized spacial score (nSPS) is 14.3. The summed E-state index contributed by atoms with van der Waals surface area (Å²) in [4.78, 5) is 2.43. The van der Waals surface area contributed by atoms with Crippen LogP contribution in [0.1, 0.15) is 41.0 Å². The minimum atomic E-state index is 0.373. The topological polar surface area (TPSA) is 24.5 Å². The first-order valence-electron chi connectivity index (χ1n) is 6.85. The molecule has 1 atom stereocenters. The largest absolute Gasteiger partial charge is 0.382 e. The third kappa shape index (κ3) is 10.7. The molecule has 0 amide bonds. The lowest BCUT2D eigenvalue weighted by Gasteiger charge is -2.31. The summed E-state index contributed by atoms with van der Waals surface area (Å²) in [5.74, 6) is 0. The Labute approximate surface area is 108 Å². The number of rotatable bonds is 9. The molecule has 3 nitrogen and oxygen atoms in total. The van der Waals surface area contributed by atoms with Gasteiger partial charge in [-0.05, 0) is 39.3 Å². The molecule has 0 heterocycles. The van der Waals surface area contributed by atoms with Crippen LogP contribution in [0.25, 0.3) is 0 Å². The second-order valence-corrected chi connectivity index (χ2v) is 6.08. The van der Waals surface area contributed by atoms with Gasteiger partial charge in [-0.1, -0.05) is 20.8 Å². The summed E-state index contributed by atoms with van der Waals surface area (Å²) < 4.78 is 5.30. The first-order valence-corrected chi connectivity index (χ1v) is 6.85. The van der Waals surface area contributed by atoms with Crippen molar-refractivity contribution in [2.75, 3.05) is 39.9 Å². The Kier molecular flexibility index (Phi) is 8.83. The van der Waals surface area contributed by atoms with E-state index in [-0.39, 0.29) is 0 Å². The summed E-state index contributed by atoms with van der Waals surface area (Å²) in [5.41, 5.74) is 0.373. The lowest BCUT2D eigenvalue weighted by atomic mass is 9.96. The van der Waals surface area contributed by atoms with Crippen LogP contribution < -0.4 is 5.32 Å². The zero-order valence-corrected chi connectivity index (χ0v) is 12.7. The maximum absolute atomic E-state index is 5.30. The fourth-order valence-electron chi connectivity index (χ4n) is 1.81. The van der Waals surface area contributed by atoms with Crippen LogP contribution in [0.2, 0.25) is 0 Å². The van der Waals surface area contributed by atoms with Crippen molar-refractivity contribution in [1.29, 1.82) is 0 Å². The zero-order chi connectivity index (χ0) is 13.3. The highest BCUT2D eigenvalue weighted by atomic mass is 16.5. The van der Waals surface area contributed by atoms with E-state index in [0.717, 1.165) is 39.3 Å². The molecule has 0 aromatic rings. The van der Waals surface area contributed by atoms with Crippen molar-refractivity contribution in [1.82, 2.24) is 10.2 Å². The molecule has 17 heavy (non-hydrogen) atoms. The third-order valence-corrected chi connectivity index (χ3v) is 2.76. The van der Waals surface area contributed by atoms with Crippen LogP contribution in [0.15, 0.2) is 0 Å². The predicted molar refractivity (Wildman–Crippen MR) is 75.5 cm³/mol. The number of hydrogen-bond donors (Lipinski definition) is 1. The number of nitrogens with one attached hydrogen (secondary N) is 1. The van der Waals surface area contributed by atoms with Gasteiger partial charge in [-0.15, -0.1) is 0 Å². The molecular weight excluding hydrogens is 212 g/mol. The molecule has 0 saturated carbocycles. The molecule has 0 spiro atoms. The van der Waals surface area contributed by atoms with Crippen molar-refractivity contribution in [3.8, 4) is 0 Å². The van der Waals surface area contributed by atoms with E-state index in [1.807, 2.05) is 6.92 Å². The van der Waals surface area contributed by atoms with E-state index in [1.165, 1.54) is 0 Å². The van der Waals surface area contributed by atoms with Crippen molar-refractivity contribution in [2.24, 2.45) is 5.41 Å². The molecule has 1 unspecified atom stereocenters. The highest BCUT2D eigenvalue weighted by Crippen LogP contribution is 2.15. The fraction of sp³-hybridized carbons (Fsp3) is 1.00. The quantitative estimate of drug-likeness (QED) is 0.630. The lowest BCUT2D eigenvalue weighted by Crippen LogP contribution is -2.42. The van der Waals surface area contributed by atoms with E-state index in [1.54, 1.807) is 0 Å². The number of ether oxygens (including phenoxy) is 1. The molecule has 3 heteroatoms. The Morgan fingerprint density at radius 1 is 1.29 bits per heavy atom. The second-order valence-electron chi connectivity index (χ2n) is 6.08. The van der Waals surface area contributed by atoms with Crippen LogP contribution in [0, 0.1) is 5.41 Å². The standard InChI is InChI=1S/C14H32N2O/c1-7-17-10-8-9-15-11-13(2)16(6)12-14(3,4)5/h13,15H,7-12H2,1-6H3. The Balaban J connectivity index is 3.54. The number of nitrogens with zero attached hydrogens (tertiary/aromatic N) is 1. The molecule has 0 radical (unpaired) electrons. The van der Waals surface area contributed by atoms with Crippen molar-refractivity contribution in [3.05, 3.63) is 0 Å². The smallest absolute Gasteiger partial charge is 0.0477 e. The van der Waals surface area contributed by atoms with E-state index in [9.17, 15) is 0 Å². The number of hydrogen-bond acceptors (Lipinski definition) is 3.